The highest BCUT2D eigenvalue weighted by Crippen LogP contribution is 2.15. The van der Waals surface area contributed by atoms with E-state index in [9.17, 15) is 9.59 Å². The van der Waals surface area contributed by atoms with Gasteiger partial charge in [0.05, 0.1) is 6.61 Å². The predicted octanol–water partition coefficient (Wildman–Crippen LogP) is 2.86. The number of nitrogens with one attached hydrogen (secondary N) is 1. The lowest BCUT2D eigenvalue weighted by Crippen LogP contribution is -2.18. The number of halogens is 1. The lowest BCUT2D eigenvalue weighted by molar-refractivity contribution is 0.0503. The van der Waals surface area contributed by atoms with E-state index in [4.69, 9.17) is 4.74 Å². The second-order valence-electron chi connectivity index (χ2n) is 3.86. The van der Waals surface area contributed by atoms with Crippen LogP contribution >= 0.6 is 15.9 Å². The fraction of sp³-hybridized carbons (Fsp3) is 0.231. The zero-order chi connectivity index (χ0) is 13.1. The van der Waals surface area contributed by atoms with E-state index in [1.54, 1.807) is 12.1 Å². The molecule has 94 valence electrons. The fourth-order valence-corrected chi connectivity index (χ4v) is 1.98. The molecule has 2 rings (SSSR count). The van der Waals surface area contributed by atoms with Crippen LogP contribution < -0.4 is 5.43 Å². The van der Waals surface area contributed by atoms with E-state index >= 15 is 0 Å². The Hall–Kier alpha value is -1.62. The number of hydrogen-bond donors (Lipinski definition) is 1. The number of esters is 1. The van der Waals surface area contributed by atoms with Crippen LogP contribution in [0.15, 0.2) is 33.7 Å². The van der Waals surface area contributed by atoms with Gasteiger partial charge in [-0.1, -0.05) is 22.9 Å². The van der Waals surface area contributed by atoms with Crippen molar-refractivity contribution in [3.8, 4) is 0 Å². The molecule has 4 nitrogen and oxygen atoms in total. The van der Waals surface area contributed by atoms with Crippen molar-refractivity contribution >= 4 is 32.8 Å². The lowest BCUT2D eigenvalue weighted by Gasteiger charge is -2.04. The number of rotatable bonds is 3. The van der Waals surface area contributed by atoms with Crippen molar-refractivity contribution in [2.75, 3.05) is 6.61 Å². The number of aromatic nitrogens is 1. The average Bonchev–Trinajstić information content (AvgIpc) is 2.37. The standard InChI is InChI=1S/C13H12BrNO3/c1-2-5-18-13(17)10-7-15-11-4-3-8(14)6-9(11)12(10)16/h3-4,6-7H,2,5H2,1H3,(H,15,16). The second-order valence-corrected chi connectivity index (χ2v) is 4.77. The van der Waals surface area contributed by atoms with Gasteiger partial charge in [0.15, 0.2) is 0 Å². The van der Waals surface area contributed by atoms with E-state index in [-0.39, 0.29) is 11.0 Å². The summed E-state index contributed by atoms with van der Waals surface area (Å²) in [6.07, 6.45) is 2.12. The Morgan fingerprint density at radius 1 is 1.44 bits per heavy atom. The quantitative estimate of drug-likeness (QED) is 0.887. The van der Waals surface area contributed by atoms with Gasteiger partial charge in [0.1, 0.15) is 5.56 Å². The molecule has 0 amide bonds. The van der Waals surface area contributed by atoms with Crippen LogP contribution in [0.5, 0.6) is 0 Å². The van der Waals surface area contributed by atoms with Crippen LogP contribution in [0.4, 0.5) is 0 Å². The van der Waals surface area contributed by atoms with Crippen LogP contribution in [-0.2, 0) is 4.74 Å². The molecule has 0 saturated heterocycles. The Bertz CT molecular complexity index is 648. The van der Waals surface area contributed by atoms with Crippen LogP contribution in [-0.4, -0.2) is 17.6 Å². The minimum Gasteiger partial charge on any atom is -0.462 e. The molecule has 1 heterocycles. The van der Waals surface area contributed by atoms with Crippen molar-refractivity contribution < 1.29 is 9.53 Å². The van der Waals surface area contributed by atoms with Crippen LogP contribution in [0.2, 0.25) is 0 Å². The Morgan fingerprint density at radius 3 is 2.94 bits per heavy atom. The lowest BCUT2D eigenvalue weighted by atomic mass is 10.1. The summed E-state index contributed by atoms with van der Waals surface area (Å²) in [5.41, 5.74) is 0.412. The number of carbonyl (C=O) groups is 1. The van der Waals surface area contributed by atoms with Crippen LogP contribution in [0.25, 0.3) is 10.9 Å². The van der Waals surface area contributed by atoms with Gasteiger partial charge in [-0.15, -0.1) is 0 Å². The smallest absolute Gasteiger partial charge is 0.343 e. The van der Waals surface area contributed by atoms with Crippen molar-refractivity contribution in [3.05, 3.63) is 44.7 Å². The number of ether oxygens (including phenoxy) is 1. The molecular formula is C13H12BrNO3. The van der Waals surface area contributed by atoms with Crippen LogP contribution in [0, 0.1) is 0 Å². The first-order valence-electron chi connectivity index (χ1n) is 5.61. The third kappa shape index (κ3) is 2.46. The van der Waals surface area contributed by atoms with E-state index in [0.717, 1.165) is 10.9 Å². The molecule has 0 aliphatic heterocycles. The number of aromatic amines is 1. The largest absolute Gasteiger partial charge is 0.462 e. The summed E-state index contributed by atoms with van der Waals surface area (Å²) < 4.78 is 5.76. The number of pyridine rings is 1. The number of carbonyl (C=O) groups excluding carboxylic acids is 1. The number of H-pyrrole nitrogens is 1. The maximum Gasteiger partial charge on any atom is 0.343 e. The van der Waals surface area contributed by atoms with E-state index in [1.165, 1.54) is 6.20 Å². The summed E-state index contributed by atoms with van der Waals surface area (Å²) in [5, 5.41) is 0.468. The molecule has 1 N–H and O–H groups in total. The summed E-state index contributed by atoms with van der Waals surface area (Å²) in [5.74, 6) is -0.583. The molecule has 2 aromatic rings. The molecule has 0 spiro atoms. The van der Waals surface area contributed by atoms with Crippen LogP contribution in [0.1, 0.15) is 23.7 Å². The van der Waals surface area contributed by atoms with Gasteiger partial charge in [-0.3, -0.25) is 4.79 Å². The monoisotopic (exact) mass is 309 g/mol. The van der Waals surface area contributed by atoms with Gasteiger partial charge in [0.2, 0.25) is 5.43 Å². The highest BCUT2D eigenvalue weighted by Gasteiger charge is 2.14. The predicted molar refractivity (Wildman–Crippen MR) is 72.8 cm³/mol. The highest BCUT2D eigenvalue weighted by atomic mass is 79.9. The SMILES string of the molecule is CCCOC(=O)c1c[nH]c2ccc(Br)cc2c1=O. The zero-order valence-electron chi connectivity index (χ0n) is 9.83. The van der Waals surface area contributed by atoms with E-state index in [2.05, 4.69) is 20.9 Å². The van der Waals surface area contributed by atoms with Gasteiger partial charge in [-0.25, -0.2) is 4.79 Å². The van der Waals surface area contributed by atoms with E-state index in [1.807, 2.05) is 13.0 Å². The summed E-state index contributed by atoms with van der Waals surface area (Å²) in [6, 6.07) is 5.29. The van der Waals surface area contributed by atoms with Gasteiger partial charge < -0.3 is 9.72 Å². The Labute approximate surface area is 112 Å². The van der Waals surface area contributed by atoms with E-state index < -0.39 is 5.97 Å². The molecule has 0 saturated carbocycles. The van der Waals surface area contributed by atoms with Gasteiger partial charge in [0, 0.05) is 21.6 Å². The van der Waals surface area contributed by atoms with Crippen molar-refractivity contribution in [1.29, 1.82) is 0 Å². The van der Waals surface area contributed by atoms with Gasteiger partial charge >= 0.3 is 5.97 Å². The molecule has 0 fully saturated rings. The van der Waals surface area contributed by atoms with Gasteiger partial charge in [-0.2, -0.15) is 0 Å². The Morgan fingerprint density at radius 2 is 2.22 bits per heavy atom. The number of hydrogen-bond acceptors (Lipinski definition) is 3. The van der Waals surface area contributed by atoms with E-state index in [0.29, 0.717) is 17.5 Å². The molecule has 18 heavy (non-hydrogen) atoms. The molecular weight excluding hydrogens is 298 g/mol. The summed E-state index contributed by atoms with van der Waals surface area (Å²) in [7, 11) is 0. The molecule has 0 aliphatic rings. The zero-order valence-corrected chi connectivity index (χ0v) is 11.4. The van der Waals surface area contributed by atoms with Crippen molar-refractivity contribution in [1.82, 2.24) is 4.98 Å². The molecule has 0 radical (unpaired) electrons. The molecule has 0 bridgehead atoms. The molecule has 0 unspecified atom stereocenters. The molecule has 0 aliphatic carbocycles. The summed E-state index contributed by atoms with van der Waals surface area (Å²) in [4.78, 5) is 26.8. The topological polar surface area (TPSA) is 59.2 Å². The Kier molecular flexibility index (Phi) is 3.81. The third-order valence-corrected chi connectivity index (χ3v) is 2.99. The molecule has 5 heteroatoms. The fourth-order valence-electron chi connectivity index (χ4n) is 1.61. The van der Waals surface area contributed by atoms with Crippen molar-refractivity contribution in [2.24, 2.45) is 0 Å². The first kappa shape index (κ1) is 12.8. The highest BCUT2D eigenvalue weighted by molar-refractivity contribution is 9.10. The first-order chi connectivity index (χ1) is 8.63. The van der Waals surface area contributed by atoms with Gasteiger partial charge in [0.25, 0.3) is 0 Å². The van der Waals surface area contributed by atoms with Crippen LogP contribution in [0.3, 0.4) is 0 Å². The first-order valence-corrected chi connectivity index (χ1v) is 6.41. The number of fused-ring (bicyclic) bond motifs is 1. The summed E-state index contributed by atoms with van der Waals surface area (Å²) >= 11 is 3.30. The molecule has 1 aromatic carbocycles. The minimum atomic E-state index is -0.583. The molecule has 1 aromatic heterocycles. The maximum atomic E-state index is 12.1. The second kappa shape index (κ2) is 5.35. The van der Waals surface area contributed by atoms with Crippen molar-refractivity contribution in [3.63, 3.8) is 0 Å². The molecule has 0 atom stereocenters. The normalized spacial score (nSPS) is 10.6. The summed E-state index contributed by atoms with van der Waals surface area (Å²) in [6.45, 7) is 2.21. The maximum absolute atomic E-state index is 12.1. The average molecular weight is 310 g/mol. The third-order valence-electron chi connectivity index (χ3n) is 2.50. The van der Waals surface area contributed by atoms with Gasteiger partial charge in [-0.05, 0) is 24.6 Å². The minimum absolute atomic E-state index is 0.0362. The number of benzene rings is 1. The van der Waals surface area contributed by atoms with Crippen molar-refractivity contribution in [2.45, 2.75) is 13.3 Å². The Balaban J connectivity index is 2.50.